The molecule has 1 unspecified atom stereocenters. The van der Waals surface area contributed by atoms with E-state index in [1.807, 2.05) is 0 Å². The highest BCUT2D eigenvalue weighted by atomic mass is 16.5. The molecule has 0 radical (unpaired) electrons. The second-order valence-electron chi connectivity index (χ2n) is 5.80. The maximum Gasteiger partial charge on any atom is 0.119 e. The zero-order valence-corrected chi connectivity index (χ0v) is 11.8. The third-order valence-corrected chi connectivity index (χ3v) is 3.21. The molecule has 100 valence electrons. The topological polar surface area (TPSA) is 21.3 Å². The third kappa shape index (κ3) is 4.69. The Balaban J connectivity index is 1.77. The lowest BCUT2D eigenvalue weighted by atomic mass is 10.0. The largest absolute Gasteiger partial charge is 0.491 e. The van der Waals surface area contributed by atoms with Gasteiger partial charge in [-0.25, -0.2) is 0 Å². The van der Waals surface area contributed by atoms with E-state index in [9.17, 15) is 0 Å². The number of ether oxygens (including phenoxy) is 1. The van der Waals surface area contributed by atoms with Gasteiger partial charge in [0.15, 0.2) is 0 Å². The molecule has 0 amide bonds. The fourth-order valence-electron chi connectivity index (χ4n) is 2.11. The molecule has 1 aromatic carbocycles. The van der Waals surface area contributed by atoms with Crippen molar-refractivity contribution in [3.05, 3.63) is 29.8 Å². The maximum absolute atomic E-state index is 5.65. The van der Waals surface area contributed by atoms with E-state index >= 15 is 0 Å². The molecule has 0 saturated heterocycles. The van der Waals surface area contributed by atoms with Crippen molar-refractivity contribution in [3.63, 3.8) is 0 Å². The van der Waals surface area contributed by atoms with E-state index in [2.05, 4.69) is 50.4 Å². The molecule has 1 aliphatic rings. The lowest BCUT2D eigenvalue weighted by Gasteiger charge is -2.13. The summed E-state index contributed by atoms with van der Waals surface area (Å²) in [5.74, 6) is 1.67. The Kier molecular flexibility index (Phi) is 4.65. The van der Waals surface area contributed by atoms with Crippen molar-refractivity contribution < 1.29 is 4.74 Å². The van der Waals surface area contributed by atoms with Gasteiger partial charge in [0.1, 0.15) is 5.75 Å². The summed E-state index contributed by atoms with van der Waals surface area (Å²) in [6.45, 7) is 7.56. The molecule has 2 rings (SSSR count). The molecule has 0 aromatic heterocycles. The predicted octanol–water partition coefficient (Wildman–Crippen LogP) is 3.40. The van der Waals surface area contributed by atoms with Gasteiger partial charge in [-0.15, -0.1) is 0 Å². The summed E-state index contributed by atoms with van der Waals surface area (Å²) in [5.41, 5.74) is 1.40. The van der Waals surface area contributed by atoms with Crippen LogP contribution in [0.5, 0.6) is 5.75 Å². The maximum atomic E-state index is 5.65. The number of rotatable bonds is 7. The molecule has 2 nitrogen and oxygen atoms in total. The van der Waals surface area contributed by atoms with Crippen LogP contribution in [-0.4, -0.2) is 18.7 Å². The predicted molar refractivity (Wildman–Crippen MR) is 76.1 cm³/mol. The van der Waals surface area contributed by atoms with Crippen molar-refractivity contribution in [2.45, 2.75) is 52.2 Å². The lowest BCUT2D eigenvalue weighted by Crippen LogP contribution is -2.24. The quantitative estimate of drug-likeness (QED) is 0.797. The van der Waals surface area contributed by atoms with E-state index in [1.165, 1.54) is 18.4 Å². The Hall–Kier alpha value is -1.02. The molecule has 0 heterocycles. The van der Waals surface area contributed by atoms with Crippen LogP contribution in [0.25, 0.3) is 0 Å². The van der Waals surface area contributed by atoms with Gasteiger partial charge in [-0.05, 0) is 63.3 Å². The molecule has 2 heteroatoms. The summed E-state index contributed by atoms with van der Waals surface area (Å²) in [7, 11) is 0. The van der Waals surface area contributed by atoms with Gasteiger partial charge in [-0.1, -0.05) is 19.1 Å². The summed E-state index contributed by atoms with van der Waals surface area (Å²) in [6, 6.07) is 9.35. The fourth-order valence-corrected chi connectivity index (χ4v) is 2.11. The standard InChI is InChI=1S/C16H25NO/c1-12(2)18-16-8-4-14(5-9-16)10-13(3)11-17-15-6-7-15/h4-5,8-9,12-13,15,17H,6-7,10-11H2,1-3H3. The first-order valence-corrected chi connectivity index (χ1v) is 7.12. The summed E-state index contributed by atoms with van der Waals surface area (Å²) < 4.78 is 5.65. The van der Waals surface area contributed by atoms with Crippen LogP contribution in [0.15, 0.2) is 24.3 Å². The fraction of sp³-hybridized carbons (Fsp3) is 0.625. The average molecular weight is 247 g/mol. The summed E-state index contributed by atoms with van der Waals surface area (Å²) in [5, 5.41) is 3.59. The summed E-state index contributed by atoms with van der Waals surface area (Å²) in [6.07, 6.45) is 4.13. The molecule has 1 saturated carbocycles. The number of hydrogen-bond donors (Lipinski definition) is 1. The zero-order valence-electron chi connectivity index (χ0n) is 11.8. The SMILES string of the molecule is CC(CNC1CC1)Cc1ccc(OC(C)C)cc1. The van der Waals surface area contributed by atoms with Crippen molar-refractivity contribution >= 4 is 0 Å². The van der Waals surface area contributed by atoms with E-state index in [0.29, 0.717) is 5.92 Å². The summed E-state index contributed by atoms with van der Waals surface area (Å²) >= 11 is 0. The smallest absolute Gasteiger partial charge is 0.119 e. The van der Waals surface area contributed by atoms with Crippen LogP contribution < -0.4 is 10.1 Å². The Morgan fingerprint density at radius 2 is 1.83 bits per heavy atom. The molecule has 0 aliphatic heterocycles. The summed E-state index contributed by atoms with van der Waals surface area (Å²) in [4.78, 5) is 0. The van der Waals surface area contributed by atoms with Crippen LogP contribution in [0, 0.1) is 5.92 Å². The Bertz CT molecular complexity index is 354. The van der Waals surface area contributed by atoms with E-state index in [1.54, 1.807) is 0 Å². The second kappa shape index (κ2) is 6.24. The van der Waals surface area contributed by atoms with Crippen LogP contribution in [0.4, 0.5) is 0 Å². The second-order valence-corrected chi connectivity index (χ2v) is 5.80. The van der Waals surface area contributed by atoms with Gasteiger partial charge in [0.05, 0.1) is 6.10 Å². The van der Waals surface area contributed by atoms with Crippen molar-refractivity contribution in [1.29, 1.82) is 0 Å². The Labute approximate surface area is 111 Å². The molecule has 1 atom stereocenters. The first-order chi connectivity index (χ1) is 8.63. The normalized spacial score (nSPS) is 16.9. The van der Waals surface area contributed by atoms with E-state index in [4.69, 9.17) is 4.74 Å². The minimum Gasteiger partial charge on any atom is -0.491 e. The highest BCUT2D eigenvalue weighted by molar-refractivity contribution is 5.27. The molecule has 18 heavy (non-hydrogen) atoms. The molecule has 0 bridgehead atoms. The van der Waals surface area contributed by atoms with Gasteiger partial charge in [0, 0.05) is 6.04 Å². The highest BCUT2D eigenvalue weighted by Crippen LogP contribution is 2.20. The molecule has 1 aliphatic carbocycles. The van der Waals surface area contributed by atoms with E-state index < -0.39 is 0 Å². The molecular formula is C16H25NO. The zero-order chi connectivity index (χ0) is 13.0. The van der Waals surface area contributed by atoms with Crippen molar-refractivity contribution in [1.82, 2.24) is 5.32 Å². The monoisotopic (exact) mass is 247 g/mol. The van der Waals surface area contributed by atoms with Gasteiger partial charge in [0.2, 0.25) is 0 Å². The first kappa shape index (κ1) is 13.4. The average Bonchev–Trinajstić information content (AvgIpc) is 3.12. The van der Waals surface area contributed by atoms with E-state index in [-0.39, 0.29) is 6.10 Å². The van der Waals surface area contributed by atoms with Crippen molar-refractivity contribution in [2.24, 2.45) is 5.92 Å². The van der Waals surface area contributed by atoms with Gasteiger partial charge >= 0.3 is 0 Å². The van der Waals surface area contributed by atoms with E-state index in [0.717, 1.165) is 24.8 Å². The number of hydrogen-bond acceptors (Lipinski definition) is 2. The van der Waals surface area contributed by atoms with Crippen molar-refractivity contribution in [3.8, 4) is 5.75 Å². The molecule has 1 fully saturated rings. The van der Waals surface area contributed by atoms with Crippen molar-refractivity contribution in [2.75, 3.05) is 6.54 Å². The van der Waals surface area contributed by atoms with Gasteiger partial charge in [-0.2, -0.15) is 0 Å². The molecule has 1 aromatic rings. The van der Waals surface area contributed by atoms with Crippen LogP contribution in [-0.2, 0) is 6.42 Å². The molecule has 1 N–H and O–H groups in total. The van der Waals surface area contributed by atoms with Gasteiger partial charge in [0.25, 0.3) is 0 Å². The molecule has 0 spiro atoms. The van der Waals surface area contributed by atoms with Crippen LogP contribution in [0.3, 0.4) is 0 Å². The highest BCUT2D eigenvalue weighted by Gasteiger charge is 2.20. The van der Waals surface area contributed by atoms with Crippen LogP contribution in [0.2, 0.25) is 0 Å². The minimum atomic E-state index is 0.248. The Morgan fingerprint density at radius 3 is 2.39 bits per heavy atom. The van der Waals surface area contributed by atoms with Crippen LogP contribution >= 0.6 is 0 Å². The lowest BCUT2D eigenvalue weighted by molar-refractivity contribution is 0.242. The molecular weight excluding hydrogens is 222 g/mol. The third-order valence-electron chi connectivity index (χ3n) is 3.21. The minimum absolute atomic E-state index is 0.248. The van der Waals surface area contributed by atoms with Gasteiger partial charge < -0.3 is 10.1 Å². The number of nitrogens with one attached hydrogen (secondary N) is 1. The number of benzene rings is 1. The Morgan fingerprint density at radius 1 is 1.17 bits per heavy atom. The van der Waals surface area contributed by atoms with Gasteiger partial charge in [-0.3, -0.25) is 0 Å². The first-order valence-electron chi connectivity index (χ1n) is 7.12. The van der Waals surface area contributed by atoms with Crippen LogP contribution in [0.1, 0.15) is 39.2 Å².